The quantitative estimate of drug-likeness (QED) is 0.156. The minimum atomic E-state index is -4.38. The lowest BCUT2D eigenvalue weighted by Gasteiger charge is -2.39. The lowest BCUT2D eigenvalue weighted by atomic mass is 9.87. The number of carbonyl (C=O) groups is 3. The van der Waals surface area contributed by atoms with Crippen LogP contribution in [0.4, 0.5) is 4.39 Å². The zero-order valence-corrected chi connectivity index (χ0v) is 23.6. The third-order valence-electron chi connectivity index (χ3n) is 5.77. The van der Waals surface area contributed by atoms with Gasteiger partial charge in [0.1, 0.15) is 12.2 Å². The zero-order valence-electron chi connectivity index (χ0n) is 21.2. The molecule has 0 bridgehead atoms. The van der Waals surface area contributed by atoms with E-state index < -0.39 is 73.1 Å². The summed E-state index contributed by atoms with van der Waals surface area (Å²) < 4.78 is 52.3. The van der Waals surface area contributed by atoms with Gasteiger partial charge >= 0.3 is 13.8 Å². The molecule has 216 valence electrons. The Hall–Kier alpha value is -1.65. The highest BCUT2D eigenvalue weighted by Gasteiger charge is 2.60. The molecule has 2 amide bonds. The molecule has 0 aromatic carbocycles. The second-order valence-corrected chi connectivity index (χ2v) is 12.7. The molecule has 3 aliphatic rings. The topological polar surface area (TPSA) is 182 Å². The van der Waals surface area contributed by atoms with Gasteiger partial charge in [-0.15, -0.1) is 0 Å². The fourth-order valence-electron chi connectivity index (χ4n) is 3.78. The maximum atomic E-state index is 15.3. The standard InChI is InChI=1S/C21H32BrFN3O11P/c1-11(2)35-14(28)5-7-24-17(30)16-20(3,4)10-34-38(32,37-16)33-9-12-15(29)21(22,23)18(36-12)26-8-6-13(27)25-19(26)31/h6,8,11-12,15-16,18-19,29,31H,5,7,9-10H2,1-4H3,(H,24,30)(H,25,27)/t12-,15?,16+,18-,19?,21?,38?/m1/s1. The van der Waals surface area contributed by atoms with Crippen molar-refractivity contribution in [1.29, 1.82) is 0 Å². The minimum absolute atomic E-state index is 0.0447. The van der Waals surface area contributed by atoms with Gasteiger partial charge in [0.2, 0.25) is 22.7 Å². The van der Waals surface area contributed by atoms with E-state index in [-0.39, 0.29) is 25.7 Å². The van der Waals surface area contributed by atoms with Crippen molar-refractivity contribution in [2.45, 2.75) is 75.7 Å². The largest absolute Gasteiger partial charge is 0.475 e. The van der Waals surface area contributed by atoms with Crippen LogP contribution in [-0.2, 0) is 42.0 Å². The van der Waals surface area contributed by atoms with Crippen LogP contribution >= 0.6 is 23.8 Å². The van der Waals surface area contributed by atoms with Gasteiger partial charge in [-0.1, -0.05) is 13.8 Å². The van der Waals surface area contributed by atoms with Gasteiger partial charge in [0, 0.05) is 24.2 Å². The maximum absolute atomic E-state index is 15.3. The average Bonchev–Trinajstić information content (AvgIpc) is 3.02. The van der Waals surface area contributed by atoms with Gasteiger partial charge in [-0.3, -0.25) is 28.0 Å². The first-order valence-electron chi connectivity index (χ1n) is 11.8. The van der Waals surface area contributed by atoms with Crippen molar-refractivity contribution >= 4 is 41.5 Å². The molecule has 38 heavy (non-hydrogen) atoms. The van der Waals surface area contributed by atoms with Crippen molar-refractivity contribution in [2.24, 2.45) is 5.41 Å². The number of nitrogens with zero attached hydrogens (tertiary/aromatic N) is 1. The fourth-order valence-corrected chi connectivity index (χ4v) is 6.07. The Bertz CT molecular complexity index is 997. The number of ether oxygens (including phenoxy) is 2. The van der Waals surface area contributed by atoms with Crippen LogP contribution in [0.3, 0.4) is 0 Å². The highest BCUT2D eigenvalue weighted by molar-refractivity contribution is 9.10. The minimum Gasteiger partial charge on any atom is -0.463 e. The second kappa shape index (κ2) is 11.8. The summed E-state index contributed by atoms with van der Waals surface area (Å²) in [4.78, 5) is 36.7. The molecular weight excluding hydrogens is 600 g/mol. The van der Waals surface area contributed by atoms with E-state index in [2.05, 4.69) is 26.6 Å². The van der Waals surface area contributed by atoms with Crippen molar-refractivity contribution in [3.8, 4) is 0 Å². The Balaban J connectivity index is 1.61. The van der Waals surface area contributed by atoms with Crippen LogP contribution in [0.2, 0.25) is 0 Å². The molecule has 3 rings (SSSR count). The van der Waals surface area contributed by atoms with E-state index in [0.717, 1.165) is 17.2 Å². The number of esters is 1. The number of phosphoric acid groups is 1. The molecule has 7 atom stereocenters. The molecule has 0 saturated carbocycles. The number of halogens is 2. The van der Waals surface area contributed by atoms with E-state index in [1.807, 2.05) is 0 Å². The summed E-state index contributed by atoms with van der Waals surface area (Å²) in [6, 6.07) is 0. The maximum Gasteiger partial charge on any atom is 0.475 e. The molecule has 0 radical (unpaired) electrons. The molecule has 0 aromatic heterocycles. The lowest BCUT2D eigenvalue weighted by Crippen LogP contribution is -2.57. The van der Waals surface area contributed by atoms with E-state index >= 15 is 4.39 Å². The SMILES string of the molecule is CC(C)OC(=O)CCNC(=O)[C@@H]1OP(=O)(OC[C@H]2O[C@@H](N3C=CC(=O)NC3O)C(F)(Br)C2O)OCC1(C)C. The Morgan fingerprint density at radius 2 is 2.08 bits per heavy atom. The predicted molar refractivity (Wildman–Crippen MR) is 130 cm³/mol. The Labute approximate surface area is 226 Å². The van der Waals surface area contributed by atoms with Gasteiger partial charge in [0.15, 0.2) is 12.3 Å². The third kappa shape index (κ3) is 7.10. The van der Waals surface area contributed by atoms with Crippen LogP contribution < -0.4 is 10.6 Å². The number of aliphatic hydroxyl groups is 2. The lowest BCUT2D eigenvalue weighted by molar-refractivity contribution is -0.151. The van der Waals surface area contributed by atoms with Crippen molar-refractivity contribution in [2.75, 3.05) is 19.8 Å². The molecule has 2 fully saturated rings. The summed E-state index contributed by atoms with van der Waals surface area (Å²) in [6.07, 6.45) is -6.12. The number of carbonyl (C=O) groups excluding carboxylic acids is 3. The summed E-state index contributed by atoms with van der Waals surface area (Å²) in [5.74, 6) is -1.78. The first kappa shape index (κ1) is 30.9. The first-order valence-corrected chi connectivity index (χ1v) is 14.0. The van der Waals surface area contributed by atoms with Crippen LogP contribution in [0.1, 0.15) is 34.1 Å². The average molecular weight is 632 g/mol. The molecule has 2 saturated heterocycles. The number of hydrogen-bond donors (Lipinski definition) is 4. The molecule has 4 N–H and O–H groups in total. The normalized spacial score (nSPS) is 36.7. The summed E-state index contributed by atoms with van der Waals surface area (Å²) in [7, 11) is -4.38. The number of amides is 2. The molecule has 14 nitrogen and oxygen atoms in total. The molecule has 0 aromatic rings. The smallest absolute Gasteiger partial charge is 0.463 e. The van der Waals surface area contributed by atoms with E-state index in [0.29, 0.717) is 0 Å². The fraction of sp³-hybridized carbons (Fsp3) is 0.762. The van der Waals surface area contributed by atoms with Gasteiger partial charge in [0.05, 0.1) is 25.7 Å². The van der Waals surface area contributed by atoms with Crippen LogP contribution in [0, 0.1) is 5.41 Å². The van der Waals surface area contributed by atoms with Crippen molar-refractivity contribution in [3.05, 3.63) is 12.3 Å². The van der Waals surface area contributed by atoms with Gasteiger partial charge in [-0.05, 0) is 29.8 Å². The van der Waals surface area contributed by atoms with Crippen LogP contribution in [0.5, 0.6) is 0 Å². The number of alkyl halides is 2. The molecule has 17 heteroatoms. The molecule has 3 aliphatic heterocycles. The highest BCUT2D eigenvalue weighted by Crippen LogP contribution is 2.57. The summed E-state index contributed by atoms with van der Waals surface area (Å²) in [5.41, 5.74) is -0.931. The Morgan fingerprint density at radius 1 is 1.39 bits per heavy atom. The van der Waals surface area contributed by atoms with Gasteiger partial charge in [0.25, 0.3) is 0 Å². The highest BCUT2D eigenvalue weighted by atomic mass is 79.9. The van der Waals surface area contributed by atoms with Crippen LogP contribution in [0.15, 0.2) is 12.3 Å². The molecule has 4 unspecified atom stereocenters. The molecular formula is C21H32BrFN3O11P. The van der Waals surface area contributed by atoms with Crippen molar-refractivity contribution in [1.82, 2.24) is 15.5 Å². The number of phosphoric ester groups is 1. The number of rotatable bonds is 9. The van der Waals surface area contributed by atoms with Gasteiger partial charge in [-0.25, -0.2) is 8.96 Å². The predicted octanol–water partition coefficient (Wildman–Crippen LogP) is 0.379. The third-order valence-corrected chi connectivity index (χ3v) is 8.01. The summed E-state index contributed by atoms with van der Waals surface area (Å²) in [5, 5.41) is 25.2. The summed E-state index contributed by atoms with van der Waals surface area (Å²) >= 11 is 2.75. The first-order chi connectivity index (χ1) is 17.6. The second-order valence-electron chi connectivity index (χ2n) is 9.86. The van der Waals surface area contributed by atoms with E-state index in [1.165, 1.54) is 0 Å². The Kier molecular flexibility index (Phi) is 9.62. The van der Waals surface area contributed by atoms with E-state index in [4.69, 9.17) is 23.0 Å². The van der Waals surface area contributed by atoms with Crippen molar-refractivity contribution in [3.63, 3.8) is 0 Å². The monoisotopic (exact) mass is 631 g/mol. The van der Waals surface area contributed by atoms with Gasteiger partial charge in [-0.2, -0.15) is 0 Å². The molecule has 0 aliphatic carbocycles. The van der Waals surface area contributed by atoms with Crippen molar-refractivity contribution < 1.29 is 56.6 Å². The number of hydrogen-bond acceptors (Lipinski definition) is 12. The van der Waals surface area contributed by atoms with Crippen LogP contribution in [0.25, 0.3) is 0 Å². The van der Waals surface area contributed by atoms with E-state index in [1.54, 1.807) is 27.7 Å². The molecule has 0 spiro atoms. The van der Waals surface area contributed by atoms with Gasteiger partial charge < -0.3 is 35.2 Å². The molecule has 3 heterocycles. The van der Waals surface area contributed by atoms with E-state index in [9.17, 15) is 29.2 Å². The van der Waals surface area contributed by atoms with Crippen LogP contribution in [-0.4, -0.2) is 94.2 Å². The number of nitrogens with one attached hydrogen (secondary N) is 2. The summed E-state index contributed by atoms with van der Waals surface area (Å²) in [6.45, 7) is 5.74. The number of aliphatic hydroxyl groups excluding tert-OH is 2. The Morgan fingerprint density at radius 3 is 2.71 bits per heavy atom. The zero-order chi connectivity index (χ0) is 28.5.